The molecular weight excluding hydrogens is 312 g/mol. The summed E-state index contributed by atoms with van der Waals surface area (Å²) < 4.78 is 0. The molecule has 1 fully saturated rings. The van der Waals surface area contributed by atoms with Gasteiger partial charge in [0.1, 0.15) is 5.82 Å². The summed E-state index contributed by atoms with van der Waals surface area (Å²) >= 11 is 0. The Bertz CT molecular complexity index is 681. The maximum Gasteiger partial charge on any atom is 0.221 e. The molecule has 1 aliphatic carbocycles. The molecule has 1 atom stereocenters. The van der Waals surface area contributed by atoms with Crippen molar-refractivity contribution in [1.29, 1.82) is 0 Å². The molecule has 25 heavy (non-hydrogen) atoms. The molecule has 0 bridgehead atoms. The van der Waals surface area contributed by atoms with E-state index in [0.29, 0.717) is 12.0 Å². The second kappa shape index (κ2) is 7.83. The van der Waals surface area contributed by atoms with E-state index in [9.17, 15) is 5.11 Å². The third-order valence-corrected chi connectivity index (χ3v) is 5.03. The molecule has 1 heterocycles. The molecule has 5 heteroatoms. The number of nitrogens with one attached hydrogen (secondary N) is 1. The van der Waals surface area contributed by atoms with Crippen LogP contribution in [0.4, 0.5) is 11.8 Å². The first-order chi connectivity index (χ1) is 12.0. The number of aromatic nitrogens is 2. The molecule has 0 radical (unpaired) electrons. The topological polar surface area (TPSA) is 84.1 Å². The summed E-state index contributed by atoms with van der Waals surface area (Å²) in [5, 5.41) is 13.3. The van der Waals surface area contributed by atoms with E-state index in [4.69, 9.17) is 5.73 Å². The molecule has 0 spiro atoms. The Morgan fingerprint density at radius 1 is 1.12 bits per heavy atom. The van der Waals surface area contributed by atoms with Crippen LogP contribution in [0.2, 0.25) is 0 Å². The highest BCUT2D eigenvalue weighted by Gasteiger charge is 2.25. The predicted octanol–water partition coefficient (Wildman–Crippen LogP) is 3.56. The van der Waals surface area contributed by atoms with Crippen molar-refractivity contribution >= 4 is 11.8 Å². The van der Waals surface area contributed by atoms with Crippen molar-refractivity contribution in [3.05, 3.63) is 47.7 Å². The summed E-state index contributed by atoms with van der Waals surface area (Å²) in [6.07, 6.45) is 5.25. The highest BCUT2D eigenvalue weighted by atomic mass is 16.3. The molecule has 5 nitrogen and oxygen atoms in total. The number of rotatable bonds is 5. The quantitative estimate of drug-likeness (QED) is 0.775. The second-order valence-corrected chi connectivity index (χ2v) is 7.31. The lowest BCUT2D eigenvalue weighted by atomic mass is 9.83. The van der Waals surface area contributed by atoms with Gasteiger partial charge in [-0.1, -0.05) is 44.2 Å². The van der Waals surface area contributed by atoms with Crippen LogP contribution in [0.3, 0.4) is 0 Å². The predicted molar refractivity (Wildman–Crippen MR) is 101 cm³/mol. The Morgan fingerprint density at radius 3 is 2.44 bits per heavy atom. The number of nitrogens with two attached hydrogens (primary N) is 1. The van der Waals surface area contributed by atoms with Gasteiger partial charge in [0, 0.05) is 23.7 Å². The lowest BCUT2D eigenvalue weighted by Gasteiger charge is -2.29. The molecule has 0 aliphatic heterocycles. The van der Waals surface area contributed by atoms with Gasteiger partial charge in [-0.3, -0.25) is 0 Å². The molecule has 0 saturated heterocycles. The molecule has 1 saturated carbocycles. The Labute approximate surface area is 149 Å². The number of anilines is 2. The first kappa shape index (κ1) is 17.7. The standard InChI is InChI=1S/C20H28N4O/c1-13(2)18(14-6-4-3-5-7-14)17-12-22-20(21)24-19(17)23-15-8-10-16(25)11-9-15/h3-7,12-13,15-16,18,25H,8-11H2,1-2H3,(H3,21,22,23,24). The van der Waals surface area contributed by atoms with Crippen LogP contribution in [-0.2, 0) is 0 Å². The van der Waals surface area contributed by atoms with Crippen LogP contribution in [-0.4, -0.2) is 27.2 Å². The fourth-order valence-corrected chi connectivity index (χ4v) is 3.75. The molecule has 1 aromatic heterocycles. The minimum atomic E-state index is -0.166. The molecule has 134 valence electrons. The lowest BCUT2D eigenvalue weighted by Crippen LogP contribution is -2.29. The highest BCUT2D eigenvalue weighted by molar-refractivity contribution is 5.52. The van der Waals surface area contributed by atoms with E-state index in [0.717, 1.165) is 37.1 Å². The van der Waals surface area contributed by atoms with E-state index in [-0.39, 0.29) is 18.0 Å². The van der Waals surface area contributed by atoms with Gasteiger partial charge in [-0.05, 0) is 37.2 Å². The number of aliphatic hydroxyl groups is 1. The van der Waals surface area contributed by atoms with Crippen molar-refractivity contribution in [2.45, 2.75) is 57.6 Å². The maximum absolute atomic E-state index is 9.73. The number of hydrogen-bond acceptors (Lipinski definition) is 5. The third kappa shape index (κ3) is 4.28. The monoisotopic (exact) mass is 340 g/mol. The molecule has 1 aromatic carbocycles. The van der Waals surface area contributed by atoms with Crippen molar-refractivity contribution in [2.24, 2.45) is 5.92 Å². The van der Waals surface area contributed by atoms with Crippen LogP contribution in [0.5, 0.6) is 0 Å². The van der Waals surface area contributed by atoms with Gasteiger partial charge >= 0.3 is 0 Å². The smallest absolute Gasteiger partial charge is 0.221 e. The summed E-state index contributed by atoms with van der Waals surface area (Å²) in [6, 6.07) is 10.8. The van der Waals surface area contributed by atoms with Gasteiger partial charge in [-0.15, -0.1) is 0 Å². The SMILES string of the molecule is CC(C)C(c1ccccc1)c1cnc(N)nc1NC1CCC(O)CC1. The minimum Gasteiger partial charge on any atom is -0.393 e. The Morgan fingerprint density at radius 2 is 1.80 bits per heavy atom. The number of aliphatic hydroxyl groups excluding tert-OH is 1. The second-order valence-electron chi connectivity index (χ2n) is 7.31. The average molecular weight is 340 g/mol. The minimum absolute atomic E-state index is 0.166. The van der Waals surface area contributed by atoms with Crippen LogP contribution < -0.4 is 11.1 Å². The summed E-state index contributed by atoms with van der Waals surface area (Å²) in [7, 11) is 0. The molecule has 3 rings (SSSR count). The van der Waals surface area contributed by atoms with Crippen molar-refractivity contribution in [3.8, 4) is 0 Å². The maximum atomic E-state index is 9.73. The number of benzene rings is 1. The van der Waals surface area contributed by atoms with E-state index in [1.807, 2.05) is 12.3 Å². The molecule has 1 aliphatic rings. The van der Waals surface area contributed by atoms with Crippen LogP contribution in [0.1, 0.15) is 56.6 Å². The van der Waals surface area contributed by atoms with Crippen LogP contribution in [0, 0.1) is 5.92 Å². The van der Waals surface area contributed by atoms with E-state index in [2.05, 4.69) is 53.4 Å². The average Bonchev–Trinajstić information content (AvgIpc) is 2.60. The third-order valence-electron chi connectivity index (χ3n) is 5.03. The van der Waals surface area contributed by atoms with Crippen LogP contribution >= 0.6 is 0 Å². The zero-order valence-electron chi connectivity index (χ0n) is 15.0. The zero-order valence-corrected chi connectivity index (χ0v) is 15.0. The number of hydrogen-bond donors (Lipinski definition) is 3. The van der Waals surface area contributed by atoms with Gasteiger partial charge in [-0.25, -0.2) is 4.98 Å². The molecule has 1 unspecified atom stereocenters. The zero-order chi connectivity index (χ0) is 17.8. The normalized spacial score (nSPS) is 21.9. The van der Waals surface area contributed by atoms with E-state index in [1.54, 1.807) is 0 Å². The highest BCUT2D eigenvalue weighted by Crippen LogP contribution is 2.36. The summed E-state index contributed by atoms with van der Waals surface area (Å²) in [5.41, 5.74) is 8.21. The fraction of sp³-hybridized carbons (Fsp3) is 0.500. The Kier molecular flexibility index (Phi) is 5.53. The first-order valence-electron chi connectivity index (χ1n) is 9.16. The van der Waals surface area contributed by atoms with E-state index >= 15 is 0 Å². The van der Waals surface area contributed by atoms with Crippen LogP contribution in [0.25, 0.3) is 0 Å². The lowest BCUT2D eigenvalue weighted by molar-refractivity contribution is 0.126. The van der Waals surface area contributed by atoms with E-state index < -0.39 is 0 Å². The number of nitrogen functional groups attached to an aromatic ring is 1. The van der Waals surface area contributed by atoms with Crippen molar-refractivity contribution in [2.75, 3.05) is 11.1 Å². The van der Waals surface area contributed by atoms with Gasteiger partial charge in [0.25, 0.3) is 0 Å². The van der Waals surface area contributed by atoms with Gasteiger partial charge in [0.2, 0.25) is 5.95 Å². The Balaban J connectivity index is 1.92. The van der Waals surface area contributed by atoms with Gasteiger partial charge in [-0.2, -0.15) is 4.98 Å². The van der Waals surface area contributed by atoms with Gasteiger partial charge in [0.15, 0.2) is 0 Å². The van der Waals surface area contributed by atoms with Crippen molar-refractivity contribution in [1.82, 2.24) is 9.97 Å². The fourth-order valence-electron chi connectivity index (χ4n) is 3.75. The first-order valence-corrected chi connectivity index (χ1v) is 9.16. The summed E-state index contributed by atoms with van der Waals surface area (Å²) in [4.78, 5) is 8.77. The van der Waals surface area contributed by atoms with Gasteiger partial charge < -0.3 is 16.2 Å². The van der Waals surface area contributed by atoms with Crippen molar-refractivity contribution in [3.63, 3.8) is 0 Å². The van der Waals surface area contributed by atoms with Crippen molar-refractivity contribution < 1.29 is 5.11 Å². The molecule has 4 N–H and O–H groups in total. The molecule has 2 aromatic rings. The van der Waals surface area contributed by atoms with E-state index in [1.165, 1.54) is 5.56 Å². The summed E-state index contributed by atoms with van der Waals surface area (Å²) in [5.74, 6) is 1.73. The molecule has 0 amide bonds. The Hall–Kier alpha value is -2.14. The molecular formula is C20H28N4O. The summed E-state index contributed by atoms with van der Waals surface area (Å²) in [6.45, 7) is 4.43. The largest absolute Gasteiger partial charge is 0.393 e. The van der Waals surface area contributed by atoms with Gasteiger partial charge in [0.05, 0.1) is 6.10 Å². The number of nitrogens with zero attached hydrogens (tertiary/aromatic N) is 2. The van der Waals surface area contributed by atoms with Crippen LogP contribution in [0.15, 0.2) is 36.5 Å².